The normalized spacial score (nSPS) is 13.6. The van der Waals surface area contributed by atoms with Crippen molar-refractivity contribution in [3.63, 3.8) is 0 Å². The summed E-state index contributed by atoms with van der Waals surface area (Å²) in [5.41, 5.74) is 5.74. The lowest BCUT2D eigenvalue weighted by atomic mass is 9.94. The maximum Gasteiger partial charge on any atom is 0.220 e. The Morgan fingerprint density at radius 2 is 1.65 bits per heavy atom. The highest BCUT2D eigenvalue weighted by Crippen LogP contribution is 2.13. The molecule has 120 valence electrons. The highest BCUT2D eigenvalue weighted by molar-refractivity contribution is 5.76. The van der Waals surface area contributed by atoms with Gasteiger partial charge in [0.05, 0.1) is 0 Å². The fourth-order valence-electron chi connectivity index (χ4n) is 2.70. The van der Waals surface area contributed by atoms with Gasteiger partial charge in [-0.2, -0.15) is 0 Å². The van der Waals surface area contributed by atoms with Crippen molar-refractivity contribution in [1.29, 1.82) is 0 Å². The highest BCUT2D eigenvalue weighted by atomic mass is 16.1. The lowest BCUT2D eigenvalue weighted by Gasteiger charge is -2.30. The van der Waals surface area contributed by atoms with Crippen LogP contribution in [0.3, 0.4) is 0 Å². The molecule has 0 aromatic carbocycles. The van der Waals surface area contributed by atoms with Crippen LogP contribution in [0.1, 0.15) is 54.4 Å². The van der Waals surface area contributed by atoms with Gasteiger partial charge in [-0.05, 0) is 52.5 Å². The van der Waals surface area contributed by atoms with E-state index in [1.54, 1.807) is 0 Å². The van der Waals surface area contributed by atoms with E-state index in [9.17, 15) is 4.79 Å². The molecule has 0 aliphatic carbocycles. The van der Waals surface area contributed by atoms with Crippen LogP contribution < -0.4 is 11.1 Å². The Labute approximate surface area is 125 Å². The van der Waals surface area contributed by atoms with Crippen molar-refractivity contribution in [2.45, 2.75) is 66.5 Å². The predicted molar refractivity (Wildman–Crippen MR) is 86.6 cm³/mol. The van der Waals surface area contributed by atoms with Crippen molar-refractivity contribution >= 4 is 5.91 Å². The molecule has 0 bridgehead atoms. The molecule has 0 spiro atoms. The van der Waals surface area contributed by atoms with Crippen molar-refractivity contribution in [1.82, 2.24) is 10.2 Å². The molecule has 0 saturated heterocycles. The van der Waals surface area contributed by atoms with E-state index in [1.165, 1.54) is 0 Å². The molecule has 1 unspecified atom stereocenters. The zero-order valence-electron chi connectivity index (χ0n) is 14.3. The van der Waals surface area contributed by atoms with Crippen molar-refractivity contribution < 1.29 is 4.79 Å². The number of amides is 1. The minimum atomic E-state index is 0.133. The van der Waals surface area contributed by atoms with Gasteiger partial charge in [-0.15, -0.1) is 0 Å². The second-order valence-electron chi connectivity index (χ2n) is 6.71. The van der Waals surface area contributed by atoms with Crippen molar-refractivity contribution in [2.75, 3.05) is 19.6 Å². The molecule has 4 nitrogen and oxygen atoms in total. The third-order valence-electron chi connectivity index (χ3n) is 3.63. The summed E-state index contributed by atoms with van der Waals surface area (Å²) < 4.78 is 0. The lowest BCUT2D eigenvalue weighted by molar-refractivity contribution is -0.122. The molecule has 0 aliphatic heterocycles. The summed E-state index contributed by atoms with van der Waals surface area (Å²) in [4.78, 5) is 14.3. The second kappa shape index (κ2) is 10.2. The third kappa shape index (κ3) is 8.54. The molecule has 1 atom stereocenters. The SMILES string of the molecule is CC(C)CC(CN)CC(=O)NCCN(C(C)C)C(C)C. The van der Waals surface area contributed by atoms with Crippen LogP contribution in [0.4, 0.5) is 0 Å². The monoisotopic (exact) mass is 285 g/mol. The Balaban J connectivity index is 4.03. The summed E-state index contributed by atoms with van der Waals surface area (Å²) in [6.45, 7) is 15.3. The predicted octanol–water partition coefficient (Wildman–Crippen LogP) is 2.23. The van der Waals surface area contributed by atoms with Gasteiger partial charge in [-0.1, -0.05) is 13.8 Å². The quantitative estimate of drug-likeness (QED) is 0.647. The Hall–Kier alpha value is -0.610. The average Bonchev–Trinajstić information content (AvgIpc) is 2.32. The fourth-order valence-corrected chi connectivity index (χ4v) is 2.70. The molecule has 4 heteroatoms. The van der Waals surface area contributed by atoms with Crippen molar-refractivity contribution in [3.05, 3.63) is 0 Å². The number of nitrogens with one attached hydrogen (secondary N) is 1. The van der Waals surface area contributed by atoms with E-state index in [0.717, 1.165) is 13.0 Å². The van der Waals surface area contributed by atoms with Crippen LogP contribution in [-0.4, -0.2) is 42.5 Å². The molecule has 0 aliphatic rings. The van der Waals surface area contributed by atoms with E-state index in [2.05, 4.69) is 51.8 Å². The molecule has 0 aromatic heterocycles. The molecule has 0 radical (unpaired) electrons. The zero-order valence-corrected chi connectivity index (χ0v) is 14.3. The Kier molecular flexibility index (Phi) is 9.86. The number of nitrogens with two attached hydrogens (primary N) is 1. The molecule has 0 rings (SSSR count). The first-order valence-corrected chi connectivity index (χ1v) is 8.00. The van der Waals surface area contributed by atoms with Gasteiger partial charge >= 0.3 is 0 Å². The second-order valence-corrected chi connectivity index (χ2v) is 6.71. The fraction of sp³-hybridized carbons (Fsp3) is 0.938. The number of hydrogen-bond acceptors (Lipinski definition) is 3. The van der Waals surface area contributed by atoms with E-state index >= 15 is 0 Å². The van der Waals surface area contributed by atoms with E-state index in [0.29, 0.717) is 43.4 Å². The topological polar surface area (TPSA) is 58.4 Å². The van der Waals surface area contributed by atoms with Crippen LogP contribution in [0.15, 0.2) is 0 Å². The van der Waals surface area contributed by atoms with Gasteiger partial charge in [0, 0.05) is 31.6 Å². The largest absolute Gasteiger partial charge is 0.355 e. The Bertz CT molecular complexity index is 256. The summed E-state index contributed by atoms with van der Waals surface area (Å²) in [6, 6.07) is 1.01. The minimum absolute atomic E-state index is 0.133. The standard InChI is InChI=1S/C16H35N3O/c1-12(2)9-15(11-17)10-16(20)18-7-8-19(13(3)4)14(5)6/h12-15H,7-11,17H2,1-6H3,(H,18,20). The number of carbonyl (C=O) groups is 1. The molecule has 3 N–H and O–H groups in total. The number of carbonyl (C=O) groups excluding carboxylic acids is 1. The van der Waals surface area contributed by atoms with Crippen molar-refractivity contribution in [3.8, 4) is 0 Å². The molecule has 0 saturated carbocycles. The van der Waals surface area contributed by atoms with E-state index < -0.39 is 0 Å². The number of nitrogens with zero attached hydrogens (tertiary/aromatic N) is 1. The average molecular weight is 285 g/mol. The van der Waals surface area contributed by atoms with Crippen molar-refractivity contribution in [2.24, 2.45) is 17.6 Å². The zero-order chi connectivity index (χ0) is 15.7. The first-order valence-electron chi connectivity index (χ1n) is 8.00. The van der Waals surface area contributed by atoms with Gasteiger partial charge in [0.2, 0.25) is 5.91 Å². The van der Waals surface area contributed by atoms with Gasteiger partial charge in [-0.3, -0.25) is 9.69 Å². The molecule has 1 amide bonds. The Morgan fingerprint density at radius 1 is 1.10 bits per heavy atom. The van der Waals surface area contributed by atoms with Crippen LogP contribution in [0, 0.1) is 11.8 Å². The molecule has 0 fully saturated rings. The third-order valence-corrected chi connectivity index (χ3v) is 3.63. The van der Waals surface area contributed by atoms with Gasteiger partial charge in [0.15, 0.2) is 0 Å². The van der Waals surface area contributed by atoms with E-state index in [-0.39, 0.29) is 5.91 Å². The molecular weight excluding hydrogens is 250 g/mol. The van der Waals surface area contributed by atoms with E-state index in [4.69, 9.17) is 5.73 Å². The molecular formula is C16H35N3O. The van der Waals surface area contributed by atoms with Crippen LogP contribution >= 0.6 is 0 Å². The summed E-state index contributed by atoms with van der Waals surface area (Å²) >= 11 is 0. The van der Waals surface area contributed by atoms with Gasteiger partial charge in [0.1, 0.15) is 0 Å². The summed E-state index contributed by atoms with van der Waals surface area (Å²) in [6.07, 6.45) is 1.58. The summed E-state index contributed by atoms with van der Waals surface area (Å²) in [7, 11) is 0. The van der Waals surface area contributed by atoms with Crippen LogP contribution in [0.5, 0.6) is 0 Å². The number of rotatable bonds is 10. The molecule has 0 aromatic rings. The van der Waals surface area contributed by atoms with E-state index in [1.807, 2.05) is 0 Å². The Morgan fingerprint density at radius 3 is 2.05 bits per heavy atom. The first kappa shape index (κ1) is 19.4. The van der Waals surface area contributed by atoms with Crippen LogP contribution in [0.25, 0.3) is 0 Å². The lowest BCUT2D eigenvalue weighted by Crippen LogP contribution is -2.42. The van der Waals surface area contributed by atoms with Gasteiger partial charge in [0.25, 0.3) is 0 Å². The van der Waals surface area contributed by atoms with Crippen LogP contribution in [0.2, 0.25) is 0 Å². The molecule has 20 heavy (non-hydrogen) atoms. The maximum absolute atomic E-state index is 11.9. The van der Waals surface area contributed by atoms with Gasteiger partial charge in [-0.25, -0.2) is 0 Å². The smallest absolute Gasteiger partial charge is 0.220 e. The maximum atomic E-state index is 11.9. The molecule has 0 heterocycles. The first-order chi connectivity index (χ1) is 9.27. The summed E-state index contributed by atoms with van der Waals surface area (Å²) in [5.74, 6) is 1.03. The summed E-state index contributed by atoms with van der Waals surface area (Å²) in [5, 5.41) is 3.02. The number of hydrogen-bond donors (Lipinski definition) is 2. The highest BCUT2D eigenvalue weighted by Gasteiger charge is 2.15. The van der Waals surface area contributed by atoms with Crippen LogP contribution in [-0.2, 0) is 4.79 Å². The van der Waals surface area contributed by atoms with Gasteiger partial charge < -0.3 is 11.1 Å². The minimum Gasteiger partial charge on any atom is -0.355 e.